The van der Waals surface area contributed by atoms with Crippen LogP contribution in [0.5, 0.6) is 5.75 Å². The van der Waals surface area contributed by atoms with E-state index in [1.807, 2.05) is 26.1 Å². The molecule has 4 heteroatoms. The van der Waals surface area contributed by atoms with Gasteiger partial charge < -0.3 is 4.74 Å². The molecule has 21 heavy (non-hydrogen) atoms. The molecule has 1 aliphatic rings. The van der Waals surface area contributed by atoms with E-state index in [2.05, 4.69) is 34.7 Å². The van der Waals surface area contributed by atoms with E-state index in [0.29, 0.717) is 5.92 Å². The van der Waals surface area contributed by atoms with E-state index in [4.69, 9.17) is 10.6 Å². The zero-order valence-electron chi connectivity index (χ0n) is 12.4. The number of hydrogen-bond donors (Lipinski definition) is 2. The average molecular weight is 283 g/mol. The lowest BCUT2D eigenvalue weighted by Gasteiger charge is -2.36. The molecular weight excluding hydrogens is 262 g/mol. The maximum atomic E-state index is 5.81. The van der Waals surface area contributed by atoms with E-state index in [0.717, 1.165) is 17.7 Å². The molecule has 0 amide bonds. The largest absolute Gasteiger partial charge is 0.489 e. The minimum atomic E-state index is 0.0584. The second kappa shape index (κ2) is 5.84. The maximum Gasteiger partial charge on any atom is 0.138 e. The number of nitrogens with one attached hydrogen (secondary N) is 1. The molecule has 0 saturated carbocycles. The minimum Gasteiger partial charge on any atom is -0.489 e. The van der Waals surface area contributed by atoms with Crippen LogP contribution in [0.3, 0.4) is 0 Å². The van der Waals surface area contributed by atoms with Gasteiger partial charge in [0, 0.05) is 12.1 Å². The van der Waals surface area contributed by atoms with Crippen molar-refractivity contribution in [2.24, 2.45) is 5.84 Å². The van der Waals surface area contributed by atoms with Crippen molar-refractivity contribution in [1.29, 1.82) is 0 Å². The highest BCUT2D eigenvalue weighted by Gasteiger charge is 2.33. The topological polar surface area (TPSA) is 60.2 Å². The molecule has 1 aromatic carbocycles. The molecule has 0 fully saturated rings. The van der Waals surface area contributed by atoms with E-state index in [1.165, 1.54) is 11.1 Å². The lowest BCUT2D eigenvalue weighted by Crippen LogP contribution is -2.37. The van der Waals surface area contributed by atoms with Crippen LogP contribution in [0.15, 0.2) is 42.7 Å². The number of ether oxygens (including phenoxy) is 1. The van der Waals surface area contributed by atoms with Gasteiger partial charge in [0.05, 0.1) is 18.3 Å². The molecule has 0 radical (unpaired) electrons. The van der Waals surface area contributed by atoms with Gasteiger partial charge in [-0.2, -0.15) is 0 Å². The summed E-state index contributed by atoms with van der Waals surface area (Å²) in [5, 5.41) is 0. The molecule has 1 aromatic heterocycles. The van der Waals surface area contributed by atoms with Gasteiger partial charge in [0.25, 0.3) is 0 Å². The van der Waals surface area contributed by atoms with Gasteiger partial charge in [0.15, 0.2) is 0 Å². The zero-order valence-corrected chi connectivity index (χ0v) is 12.4. The van der Waals surface area contributed by atoms with Crippen LogP contribution in [-0.2, 0) is 6.42 Å². The van der Waals surface area contributed by atoms with Crippen molar-refractivity contribution < 1.29 is 4.74 Å². The summed E-state index contributed by atoms with van der Waals surface area (Å²) >= 11 is 0. The zero-order chi connectivity index (χ0) is 14.8. The molecule has 110 valence electrons. The molecule has 0 aliphatic heterocycles. The monoisotopic (exact) mass is 283 g/mol. The number of fused-ring (bicyclic) bond motifs is 1. The summed E-state index contributed by atoms with van der Waals surface area (Å²) in [7, 11) is 0. The van der Waals surface area contributed by atoms with Crippen LogP contribution in [0.2, 0.25) is 0 Å². The van der Waals surface area contributed by atoms with E-state index in [-0.39, 0.29) is 12.1 Å². The fraction of sp³-hybridized carbons (Fsp3) is 0.353. The van der Waals surface area contributed by atoms with Crippen LogP contribution in [-0.4, -0.2) is 11.1 Å². The third kappa shape index (κ3) is 2.77. The Kier molecular flexibility index (Phi) is 3.90. The number of hydrazine groups is 1. The summed E-state index contributed by atoms with van der Waals surface area (Å²) in [5.41, 5.74) is 6.79. The van der Waals surface area contributed by atoms with Crippen LogP contribution >= 0.6 is 0 Å². The lowest BCUT2D eigenvalue weighted by molar-refractivity contribution is 0.241. The van der Waals surface area contributed by atoms with Gasteiger partial charge in [-0.25, -0.2) is 0 Å². The SMILES string of the molecule is CC(C)Oc1cncc(C(NN)C2Cc3ccccc32)c1. The summed E-state index contributed by atoms with van der Waals surface area (Å²) in [6, 6.07) is 10.6. The maximum absolute atomic E-state index is 5.81. The van der Waals surface area contributed by atoms with E-state index in [1.54, 1.807) is 6.20 Å². The molecule has 0 saturated heterocycles. The molecule has 3 N–H and O–H groups in total. The Morgan fingerprint density at radius 3 is 2.81 bits per heavy atom. The molecule has 3 rings (SSSR count). The quantitative estimate of drug-likeness (QED) is 0.654. The van der Waals surface area contributed by atoms with Gasteiger partial charge in [0.2, 0.25) is 0 Å². The molecule has 4 nitrogen and oxygen atoms in total. The Morgan fingerprint density at radius 1 is 1.29 bits per heavy atom. The van der Waals surface area contributed by atoms with Crippen molar-refractivity contribution in [2.75, 3.05) is 0 Å². The molecular formula is C17H21N3O. The van der Waals surface area contributed by atoms with Crippen molar-refractivity contribution in [2.45, 2.75) is 38.3 Å². The van der Waals surface area contributed by atoms with Crippen molar-refractivity contribution in [3.05, 3.63) is 59.4 Å². The van der Waals surface area contributed by atoms with Crippen molar-refractivity contribution in [1.82, 2.24) is 10.4 Å². The van der Waals surface area contributed by atoms with E-state index >= 15 is 0 Å². The third-order valence-corrected chi connectivity index (χ3v) is 3.94. The Labute approximate surface area is 125 Å². The number of pyridine rings is 1. The van der Waals surface area contributed by atoms with Crippen LogP contribution in [0, 0.1) is 0 Å². The molecule has 0 bridgehead atoms. The number of nitrogens with two attached hydrogens (primary N) is 1. The van der Waals surface area contributed by atoms with Crippen molar-refractivity contribution in [3.63, 3.8) is 0 Å². The highest BCUT2D eigenvalue weighted by molar-refractivity contribution is 5.43. The van der Waals surface area contributed by atoms with Gasteiger partial charge in [0.1, 0.15) is 5.75 Å². The number of benzene rings is 1. The second-order valence-electron chi connectivity index (χ2n) is 5.77. The normalized spacial score (nSPS) is 18.0. The van der Waals surface area contributed by atoms with Crippen molar-refractivity contribution in [3.8, 4) is 5.75 Å². The van der Waals surface area contributed by atoms with Gasteiger partial charge in [-0.1, -0.05) is 24.3 Å². The van der Waals surface area contributed by atoms with E-state index in [9.17, 15) is 0 Å². The van der Waals surface area contributed by atoms with Crippen molar-refractivity contribution >= 4 is 0 Å². The van der Waals surface area contributed by atoms with E-state index < -0.39 is 0 Å². The highest BCUT2D eigenvalue weighted by atomic mass is 16.5. The van der Waals surface area contributed by atoms with Crippen LogP contribution < -0.4 is 16.0 Å². The molecule has 1 aliphatic carbocycles. The average Bonchev–Trinajstić information content (AvgIpc) is 2.44. The number of hydrogen-bond acceptors (Lipinski definition) is 4. The fourth-order valence-electron chi connectivity index (χ4n) is 2.98. The Bertz CT molecular complexity index is 627. The van der Waals surface area contributed by atoms with Gasteiger partial charge in [-0.15, -0.1) is 0 Å². The number of aromatic nitrogens is 1. The van der Waals surface area contributed by atoms with Crippen LogP contribution in [0.25, 0.3) is 0 Å². The smallest absolute Gasteiger partial charge is 0.138 e. The minimum absolute atomic E-state index is 0.0584. The fourth-order valence-corrected chi connectivity index (χ4v) is 2.98. The summed E-state index contributed by atoms with van der Waals surface area (Å²) in [5.74, 6) is 6.98. The van der Waals surface area contributed by atoms with Gasteiger partial charge in [-0.3, -0.25) is 16.3 Å². The molecule has 1 heterocycles. The van der Waals surface area contributed by atoms with Crippen LogP contribution in [0.1, 0.15) is 42.5 Å². The summed E-state index contributed by atoms with van der Waals surface area (Å²) < 4.78 is 5.72. The Balaban J connectivity index is 1.85. The first-order valence-corrected chi connectivity index (χ1v) is 7.34. The summed E-state index contributed by atoms with van der Waals surface area (Å²) in [6.07, 6.45) is 4.78. The lowest BCUT2D eigenvalue weighted by atomic mass is 9.72. The highest BCUT2D eigenvalue weighted by Crippen LogP contribution is 2.43. The Morgan fingerprint density at radius 2 is 2.10 bits per heavy atom. The predicted molar refractivity (Wildman–Crippen MR) is 83.0 cm³/mol. The first-order valence-electron chi connectivity index (χ1n) is 7.34. The number of nitrogens with zero attached hydrogens (tertiary/aromatic N) is 1. The summed E-state index contributed by atoms with van der Waals surface area (Å²) in [6.45, 7) is 4.01. The predicted octanol–water partition coefficient (Wildman–Crippen LogP) is 2.71. The number of rotatable bonds is 5. The van der Waals surface area contributed by atoms with Gasteiger partial charge in [-0.05, 0) is 43.0 Å². The second-order valence-corrected chi connectivity index (χ2v) is 5.77. The molecule has 2 atom stereocenters. The Hall–Kier alpha value is -1.91. The third-order valence-electron chi connectivity index (χ3n) is 3.94. The van der Waals surface area contributed by atoms with Gasteiger partial charge >= 0.3 is 0 Å². The van der Waals surface area contributed by atoms with Crippen LogP contribution in [0.4, 0.5) is 0 Å². The molecule has 2 aromatic rings. The molecule has 2 unspecified atom stereocenters. The molecule has 0 spiro atoms. The first-order chi connectivity index (χ1) is 10.2. The standard InChI is InChI=1S/C17H21N3O/c1-11(2)21-14-7-13(9-19-10-14)17(20-18)16-8-12-5-3-4-6-15(12)16/h3-7,9-11,16-17,20H,8,18H2,1-2H3. The first kappa shape index (κ1) is 14.0. The summed E-state index contributed by atoms with van der Waals surface area (Å²) in [4.78, 5) is 4.28.